The average Bonchev–Trinajstić information content (AvgIpc) is 3.17. The van der Waals surface area contributed by atoms with Gasteiger partial charge in [0.15, 0.2) is 4.34 Å². The zero-order valence-corrected chi connectivity index (χ0v) is 14.9. The summed E-state index contributed by atoms with van der Waals surface area (Å²) in [6.07, 6.45) is 0. The highest BCUT2D eigenvalue weighted by Gasteiger charge is 2.12. The summed E-state index contributed by atoms with van der Waals surface area (Å²) in [5, 5.41) is 18.1. The lowest BCUT2D eigenvalue weighted by Gasteiger charge is -1.92. The molecular weight excluding hydrogens is 394 g/mol. The number of rotatable bonds is 6. The standard InChI is InChI=1S/C11H10BrN5OS3/c1-2-13-10-15-16-11(21-10)20-5-8-14-9(17-18-8)7-3-6(12)4-19-7/h3-4H,2,5H2,1H3,(H,13,15). The predicted molar refractivity (Wildman–Crippen MR) is 88.9 cm³/mol. The molecule has 0 amide bonds. The highest BCUT2D eigenvalue weighted by Crippen LogP contribution is 2.30. The van der Waals surface area contributed by atoms with Crippen LogP contribution in [0.3, 0.4) is 0 Å². The number of anilines is 1. The van der Waals surface area contributed by atoms with Gasteiger partial charge in [-0.3, -0.25) is 0 Å². The first-order chi connectivity index (χ1) is 10.2. The quantitative estimate of drug-likeness (QED) is 0.619. The second-order valence-electron chi connectivity index (χ2n) is 3.83. The number of nitrogens with zero attached hydrogens (tertiary/aromatic N) is 4. The van der Waals surface area contributed by atoms with Crippen molar-refractivity contribution in [3.63, 3.8) is 0 Å². The van der Waals surface area contributed by atoms with Crippen molar-refractivity contribution in [2.45, 2.75) is 17.0 Å². The van der Waals surface area contributed by atoms with Crippen LogP contribution in [0, 0.1) is 0 Å². The molecule has 3 heterocycles. The third-order valence-electron chi connectivity index (χ3n) is 2.31. The second kappa shape index (κ2) is 6.86. The van der Waals surface area contributed by atoms with E-state index in [1.54, 1.807) is 11.3 Å². The maximum absolute atomic E-state index is 5.25. The molecule has 6 nitrogen and oxygen atoms in total. The van der Waals surface area contributed by atoms with Crippen molar-refractivity contribution in [3.8, 4) is 10.7 Å². The fourth-order valence-electron chi connectivity index (χ4n) is 1.46. The van der Waals surface area contributed by atoms with Crippen LogP contribution in [-0.2, 0) is 5.75 Å². The zero-order valence-electron chi connectivity index (χ0n) is 10.9. The molecule has 0 bridgehead atoms. The van der Waals surface area contributed by atoms with E-state index < -0.39 is 0 Å². The van der Waals surface area contributed by atoms with Gasteiger partial charge in [-0.25, -0.2) is 0 Å². The van der Waals surface area contributed by atoms with Crippen molar-refractivity contribution in [2.24, 2.45) is 0 Å². The first-order valence-corrected chi connectivity index (χ1v) is 9.49. The van der Waals surface area contributed by atoms with Gasteiger partial charge in [-0.2, -0.15) is 4.98 Å². The first-order valence-electron chi connectivity index (χ1n) is 6.01. The maximum atomic E-state index is 5.25. The summed E-state index contributed by atoms with van der Waals surface area (Å²) in [4.78, 5) is 5.36. The molecule has 0 spiro atoms. The number of nitrogens with one attached hydrogen (secondary N) is 1. The Labute approximate surface area is 141 Å². The molecule has 0 aliphatic rings. The highest BCUT2D eigenvalue weighted by molar-refractivity contribution is 9.10. The monoisotopic (exact) mass is 403 g/mol. The largest absolute Gasteiger partial charge is 0.360 e. The van der Waals surface area contributed by atoms with Crippen LogP contribution < -0.4 is 5.32 Å². The summed E-state index contributed by atoms with van der Waals surface area (Å²) >= 11 is 8.04. The van der Waals surface area contributed by atoms with Gasteiger partial charge in [0.2, 0.25) is 16.8 Å². The third-order valence-corrected chi connectivity index (χ3v) is 6.00. The van der Waals surface area contributed by atoms with E-state index in [0.717, 1.165) is 25.4 Å². The first kappa shape index (κ1) is 14.9. The van der Waals surface area contributed by atoms with Gasteiger partial charge in [0, 0.05) is 16.4 Å². The second-order valence-corrected chi connectivity index (χ2v) is 7.86. The van der Waals surface area contributed by atoms with Gasteiger partial charge in [0.05, 0.1) is 10.6 Å². The summed E-state index contributed by atoms with van der Waals surface area (Å²) in [7, 11) is 0. The summed E-state index contributed by atoms with van der Waals surface area (Å²) in [5.74, 6) is 1.78. The molecule has 10 heteroatoms. The minimum atomic E-state index is 0.583. The third kappa shape index (κ3) is 3.82. The van der Waals surface area contributed by atoms with Gasteiger partial charge >= 0.3 is 0 Å². The molecule has 110 valence electrons. The van der Waals surface area contributed by atoms with Gasteiger partial charge in [0.1, 0.15) is 0 Å². The van der Waals surface area contributed by atoms with Crippen LogP contribution in [0.15, 0.2) is 24.8 Å². The fraction of sp³-hybridized carbons (Fsp3) is 0.273. The Kier molecular flexibility index (Phi) is 4.88. The van der Waals surface area contributed by atoms with Crippen LogP contribution in [0.5, 0.6) is 0 Å². The molecule has 0 atom stereocenters. The number of halogens is 1. The molecule has 0 saturated carbocycles. The van der Waals surface area contributed by atoms with Crippen molar-refractivity contribution in [3.05, 3.63) is 21.8 Å². The van der Waals surface area contributed by atoms with Crippen LogP contribution in [0.25, 0.3) is 10.7 Å². The van der Waals surface area contributed by atoms with E-state index in [0.29, 0.717) is 17.5 Å². The molecule has 0 unspecified atom stereocenters. The minimum absolute atomic E-state index is 0.583. The van der Waals surface area contributed by atoms with E-state index in [2.05, 4.69) is 41.6 Å². The molecule has 21 heavy (non-hydrogen) atoms. The number of thioether (sulfide) groups is 1. The molecule has 3 aromatic rings. The van der Waals surface area contributed by atoms with Crippen molar-refractivity contribution in [2.75, 3.05) is 11.9 Å². The Bertz CT molecular complexity index is 725. The molecule has 0 aromatic carbocycles. The number of hydrogen-bond donors (Lipinski definition) is 1. The molecule has 0 fully saturated rings. The number of hydrogen-bond acceptors (Lipinski definition) is 9. The lowest BCUT2D eigenvalue weighted by atomic mass is 10.4. The molecule has 3 rings (SSSR count). The highest BCUT2D eigenvalue weighted by atomic mass is 79.9. The van der Waals surface area contributed by atoms with Crippen LogP contribution in [0.2, 0.25) is 0 Å². The molecule has 0 aliphatic carbocycles. The van der Waals surface area contributed by atoms with Gasteiger partial charge in [0.25, 0.3) is 0 Å². The summed E-state index contributed by atoms with van der Waals surface area (Å²) in [6.45, 7) is 2.86. The Hall–Kier alpha value is -0.970. The molecule has 0 saturated heterocycles. The normalized spacial score (nSPS) is 11.0. The average molecular weight is 404 g/mol. The van der Waals surface area contributed by atoms with Crippen LogP contribution in [0.1, 0.15) is 12.8 Å². The van der Waals surface area contributed by atoms with E-state index in [9.17, 15) is 0 Å². The zero-order chi connectivity index (χ0) is 14.7. The van der Waals surface area contributed by atoms with E-state index >= 15 is 0 Å². The summed E-state index contributed by atoms with van der Waals surface area (Å²) in [6, 6.07) is 1.97. The van der Waals surface area contributed by atoms with Gasteiger partial charge in [-0.1, -0.05) is 28.3 Å². The van der Waals surface area contributed by atoms with Gasteiger partial charge in [-0.05, 0) is 28.9 Å². The molecule has 0 aliphatic heterocycles. The lowest BCUT2D eigenvalue weighted by Crippen LogP contribution is -1.94. The summed E-state index contributed by atoms with van der Waals surface area (Å²) in [5.41, 5.74) is 0. The number of aromatic nitrogens is 4. The van der Waals surface area contributed by atoms with Crippen molar-refractivity contribution in [1.82, 2.24) is 20.3 Å². The lowest BCUT2D eigenvalue weighted by molar-refractivity contribution is 0.392. The van der Waals surface area contributed by atoms with Crippen molar-refractivity contribution < 1.29 is 4.52 Å². The van der Waals surface area contributed by atoms with E-state index in [4.69, 9.17) is 4.52 Å². The van der Waals surface area contributed by atoms with E-state index in [1.807, 2.05) is 18.4 Å². The fourth-order valence-corrected chi connectivity index (χ4v) is 4.47. The SMILES string of the molecule is CCNc1nnc(SCc2nc(-c3cc(Br)cs3)no2)s1. The van der Waals surface area contributed by atoms with Crippen molar-refractivity contribution >= 4 is 55.5 Å². The smallest absolute Gasteiger partial charge is 0.237 e. The Morgan fingerprint density at radius 1 is 1.43 bits per heavy atom. The molecule has 0 radical (unpaired) electrons. The minimum Gasteiger partial charge on any atom is -0.360 e. The van der Waals surface area contributed by atoms with Gasteiger partial charge < -0.3 is 9.84 Å². The Morgan fingerprint density at radius 3 is 3.10 bits per heavy atom. The van der Waals surface area contributed by atoms with Crippen molar-refractivity contribution in [1.29, 1.82) is 0 Å². The Balaban J connectivity index is 1.61. The predicted octanol–water partition coefficient (Wildman–Crippen LogP) is 4.14. The summed E-state index contributed by atoms with van der Waals surface area (Å²) < 4.78 is 7.16. The van der Waals surface area contributed by atoms with Crippen LogP contribution in [-0.4, -0.2) is 26.9 Å². The molecular formula is C11H10BrN5OS3. The van der Waals surface area contributed by atoms with Crippen LogP contribution in [0.4, 0.5) is 5.13 Å². The van der Waals surface area contributed by atoms with E-state index in [1.165, 1.54) is 23.1 Å². The number of thiophene rings is 1. The van der Waals surface area contributed by atoms with Gasteiger partial charge in [-0.15, -0.1) is 21.5 Å². The molecule has 3 aromatic heterocycles. The van der Waals surface area contributed by atoms with Crippen LogP contribution >= 0.6 is 50.4 Å². The Morgan fingerprint density at radius 2 is 2.33 bits per heavy atom. The molecule has 1 N–H and O–H groups in total. The van der Waals surface area contributed by atoms with E-state index in [-0.39, 0.29) is 0 Å². The maximum Gasteiger partial charge on any atom is 0.237 e. The topological polar surface area (TPSA) is 76.7 Å².